The summed E-state index contributed by atoms with van der Waals surface area (Å²) in [4.78, 5) is 11.4. The average Bonchev–Trinajstić information content (AvgIpc) is 2.27. The van der Waals surface area contributed by atoms with Crippen LogP contribution in [0.4, 0.5) is 0 Å². The third kappa shape index (κ3) is 5.26. The Kier molecular flexibility index (Phi) is 6.29. The first kappa shape index (κ1) is 13.9. The van der Waals surface area contributed by atoms with Crippen LogP contribution in [0.2, 0.25) is 0 Å². The standard InChI is InChI=1S/C13H15Br2O/c1-10(14)2-7-13(15)8-11-3-5-12(9-16)6-4-11/h3-6,10,13H,2,7-8H2,1H3. The number of alkyl halides is 2. The van der Waals surface area contributed by atoms with E-state index in [1.165, 1.54) is 5.56 Å². The molecule has 0 N–H and O–H groups in total. The van der Waals surface area contributed by atoms with Gasteiger partial charge in [-0.2, -0.15) is 0 Å². The van der Waals surface area contributed by atoms with Gasteiger partial charge in [0.15, 0.2) is 0 Å². The highest BCUT2D eigenvalue weighted by atomic mass is 79.9. The third-order valence-electron chi connectivity index (χ3n) is 2.41. The van der Waals surface area contributed by atoms with Crippen LogP contribution in [-0.2, 0) is 11.2 Å². The summed E-state index contributed by atoms with van der Waals surface area (Å²) in [7, 11) is 0. The molecule has 0 aliphatic rings. The molecule has 0 heterocycles. The van der Waals surface area contributed by atoms with Crippen molar-refractivity contribution in [2.45, 2.75) is 35.8 Å². The molecule has 1 aromatic rings. The topological polar surface area (TPSA) is 17.1 Å². The molecule has 2 unspecified atom stereocenters. The molecular weight excluding hydrogens is 332 g/mol. The molecule has 0 amide bonds. The summed E-state index contributed by atoms with van der Waals surface area (Å²) in [5.74, 6) is 0. The lowest BCUT2D eigenvalue weighted by Crippen LogP contribution is -2.05. The number of rotatable bonds is 6. The predicted molar refractivity (Wildman–Crippen MR) is 75.3 cm³/mol. The summed E-state index contributed by atoms with van der Waals surface area (Å²) in [6, 6.07) is 7.61. The van der Waals surface area contributed by atoms with Crippen molar-refractivity contribution in [3.63, 3.8) is 0 Å². The third-order valence-corrected chi connectivity index (χ3v) is 3.65. The maximum Gasteiger partial charge on any atom is 0.233 e. The molecule has 0 aliphatic heterocycles. The van der Waals surface area contributed by atoms with E-state index < -0.39 is 0 Å². The maximum absolute atomic E-state index is 10.4. The highest BCUT2D eigenvalue weighted by molar-refractivity contribution is 9.09. The molecule has 1 aromatic carbocycles. The fourth-order valence-corrected chi connectivity index (χ4v) is 2.38. The van der Waals surface area contributed by atoms with Crippen molar-refractivity contribution in [1.82, 2.24) is 0 Å². The second-order valence-electron chi connectivity index (χ2n) is 3.96. The van der Waals surface area contributed by atoms with Crippen LogP contribution in [-0.4, -0.2) is 15.9 Å². The predicted octanol–water partition coefficient (Wildman–Crippen LogP) is 4.01. The van der Waals surface area contributed by atoms with Gasteiger partial charge in [-0.15, -0.1) is 0 Å². The first-order chi connectivity index (χ1) is 7.61. The molecule has 16 heavy (non-hydrogen) atoms. The largest absolute Gasteiger partial charge is 0.285 e. The van der Waals surface area contributed by atoms with Crippen LogP contribution < -0.4 is 0 Å². The van der Waals surface area contributed by atoms with Crippen LogP contribution in [0.5, 0.6) is 0 Å². The Morgan fingerprint density at radius 1 is 1.19 bits per heavy atom. The van der Waals surface area contributed by atoms with Crippen molar-refractivity contribution in [2.24, 2.45) is 0 Å². The number of hydrogen-bond donors (Lipinski definition) is 0. The smallest absolute Gasteiger partial charge is 0.233 e. The molecule has 0 spiro atoms. The van der Waals surface area contributed by atoms with Gasteiger partial charge >= 0.3 is 0 Å². The molecule has 3 heteroatoms. The molecule has 0 aromatic heterocycles. The van der Waals surface area contributed by atoms with Crippen LogP contribution >= 0.6 is 31.9 Å². The number of halogens is 2. The fourth-order valence-electron chi connectivity index (χ4n) is 1.48. The van der Waals surface area contributed by atoms with E-state index in [4.69, 9.17) is 0 Å². The molecule has 2 atom stereocenters. The number of hydrogen-bond acceptors (Lipinski definition) is 1. The molecule has 1 nitrogen and oxygen atoms in total. The number of benzene rings is 1. The van der Waals surface area contributed by atoms with Gasteiger partial charge in [0.1, 0.15) is 0 Å². The Labute approximate surface area is 114 Å². The Balaban J connectivity index is 2.43. The van der Waals surface area contributed by atoms with Crippen molar-refractivity contribution in [3.05, 3.63) is 35.4 Å². The Morgan fingerprint density at radius 2 is 1.81 bits per heavy atom. The zero-order chi connectivity index (χ0) is 12.0. The Hall–Kier alpha value is -0.150. The van der Waals surface area contributed by atoms with Gasteiger partial charge in [0.2, 0.25) is 6.29 Å². The summed E-state index contributed by atoms with van der Waals surface area (Å²) in [5, 5.41) is 0. The van der Waals surface area contributed by atoms with Crippen molar-refractivity contribution < 1.29 is 4.79 Å². The van der Waals surface area contributed by atoms with E-state index in [2.05, 4.69) is 38.8 Å². The second-order valence-corrected chi connectivity index (χ2v) is 6.82. The van der Waals surface area contributed by atoms with E-state index in [9.17, 15) is 4.79 Å². The van der Waals surface area contributed by atoms with Gasteiger partial charge in [-0.05, 0) is 24.8 Å². The van der Waals surface area contributed by atoms with E-state index in [0.29, 0.717) is 15.2 Å². The Bertz CT molecular complexity index is 319. The fraction of sp³-hybridized carbons (Fsp3) is 0.462. The van der Waals surface area contributed by atoms with Gasteiger partial charge in [0.05, 0.1) is 0 Å². The summed E-state index contributed by atoms with van der Waals surface area (Å²) in [5.41, 5.74) is 1.87. The maximum atomic E-state index is 10.4. The molecular formula is C13H15Br2O. The van der Waals surface area contributed by atoms with E-state index >= 15 is 0 Å². The molecule has 1 rings (SSSR count). The molecule has 0 saturated carbocycles. The highest BCUT2D eigenvalue weighted by Gasteiger charge is 2.07. The van der Waals surface area contributed by atoms with E-state index in [1.54, 1.807) is 0 Å². The van der Waals surface area contributed by atoms with Crippen LogP contribution in [0.15, 0.2) is 24.3 Å². The van der Waals surface area contributed by atoms with Gasteiger partial charge in [-0.3, -0.25) is 4.79 Å². The van der Waals surface area contributed by atoms with Gasteiger partial charge in [-0.1, -0.05) is 63.0 Å². The van der Waals surface area contributed by atoms with Crippen LogP contribution in [0, 0.1) is 0 Å². The molecule has 0 bridgehead atoms. The molecule has 0 aliphatic carbocycles. The van der Waals surface area contributed by atoms with Crippen molar-refractivity contribution in [2.75, 3.05) is 0 Å². The summed E-state index contributed by atoms with van der Waals surface area (Å²) >= 11 is 7.22. The van der Waals surface area contributed by atoms with Crippen molar-refractivity contribution in [3.8, 4) is 0 Å². The lowest BCUT2D eigenvalue weighted by atomic mass is 10.0. The van der Waals surface area contributed by atoms with Crippen LogP contribution in [0.3, 0.4) is 0 Å². The molecule has 87 valence electrons. The molecule has 1 radical (unpaired) electrons. The lowest BCUT2D eigenvalue weighted by molar-refractivity contribution is 0.562. The normalized spacial score (nSPS) is 14.4. The minimum Gasteiger partial charge on any atom is -0.285 e. The average molecular weight is 347 g/mol. The molecule has 0 saturated heterocycles. The minimum absolute atomic E-state index is 0.499. The highest BCUT2D eigenvalue weighted by Crippen LogP contribution is 2.18. The van der Waals surface area contributed by atoms with Gasteiger partial charge in [0, 0.05) is 15.2 Å². The van der Waals surface area contributed by atoms with Gasteiger partial charge < -0.3 is 0 Å². The number of carbonyl (C=O) groups excluding carboxylic acids is 1. The van der Waals surface area contributed by atoms with E-state index in [0.717, 1.165) is 19.3 Å². The summed E-state index contributed by atoms with van der Waals surface area (Å²) < 4.78 is 0. The summed E-state index contributed by atoms with van der Waals surface area (Å²) in [6.45, 7) is 2.16. The zero-order valence-electron chi connectivity index (χ0n) is 9.25. The van der Waals surface area contributed by atoms with Crippen molar-refractivity contribution >= 4 is 38.1 Å². The van der Waals surface area contributed by atoms with Gasteiger partial charge in [0.25, 0.3) is 0 Å². The first-order valence-corrected chi connectivity index (χ1v) is 7.20. The first-order valence-electron chi connectivity index (χ1n) is 5.37. The van der Waals surface area contributed by atoms with Gasteiger partial charge in [-0.25, -0.2) is 0 Å². The van der Waals surface area contributed by atoms with Crippen LogP contribution in [0.25, 0.3) is 0 Å². The Morgan fingerprint density at radius 3 is 2.31 bits per heavy atom. The summed E-state index contributed by atoms with van der Waals surface area (Å²) in [6.07, 6.45) is 5.19. The van der Waals surface area contributed by atoms with Crippen LogP contribution in [0.1, 0.15) is 30.9 Å². The SMILES string of the molecule is CC(Br)CCC(Br)Cc1ccc([C]=O)cc1. The monoisotopic (exact) mass is 345 g/mol. The van der Waals surface area contributed by atoms with E-state index in [1.807, 2.05) is 30.6 Å². The second kappa shape index (κ2) is 7.23. The lowest BCUT2D eigenvalue weighted by Gasteiger charge is -2.10. The minimum atomic E-state index is 0.499. The molecule has 0 fully saturated rings. The zero-order valence-corrected chi connectivity index (χ0v) is 12.4. The van der Waals surface area contributed by atoms with E-state index in [-0.39, 0.29) is 0 Å². The van der Waals surface area contributed by atoms with Crippen molar-refractivity contribution in [1.29, 1.82) is 0 Å². The quantitative estimate of drug-likeness (QED) is 0.711.